The van der Waals surface area contributed by atoms with Crippen LogP contribution in [0.5, 0.6) is 0 Å². The fraction of sp³-hybridized carbons (Fsp3) is 0.250. The van der Waals surface area contributed by atoms with E-state index < -0.39 is 0 Å². The highest BCUT2D eigenvalue weighted by Crippen LogP contribution is 2.12. The fourth-order valence-electron chi connectivity index (χ4n) is 0.981. The van der Waals surface area contributed by atoms with Crippen molar-refractivity contribution in [1.29, 1.82) is 0 Å². The summed E-state index contributed by atoms with van der Waals surface area (Å²) >= 11 is 3.28. The van der Waals surface area contributed by atoms with Gasteiger partial charge < -0.3 is 0 Å². The predicted molar refractivity (Wildman–Crippen MR) is 49.8 cm³/mol. The monoisotopic (exact) mass is 229 g/mol. The van der Waals surface area contributed by atoms with Gasteiger partial charge in [0.2, 0.25) is 6.54 Å². The Labute approximate surface area is 78.7 Å². The highest BCUT2D eigenvalue weighted by Gasteiger charge is 2.05. The molecular formula is C8H8BrNO2. The Morgan fingerprint density at radius 3 is 2.42 bits per heavy atom. The van der Waals surface area contributed by atoms with E-state index in [1.54, 1.807) is 6.07 Å². The fourth-order valence-corrected chi connectivity index (χ4v) is 1.53. The van der Waals surface area contributed by atoms with Gasteiger partial charge in [-0.25, -0.2) is 0 Å². The van der Waals surface area contributed by atoms with Crippen LogP contribution in [0.3, 0.4) is 0 Å². The summed E-state index contributed by atoms with van der Waals surface area (Å²) < 4.78 is 0. The summed E-state index contributed by atoms with van der Waals surface area (Å²) in [7, 11) is 0. The Balaban J connectivity index is 2.89. The molecule has 0 aliphatic carbocycles. The van der Waals surface area contributed by atoms with E-state index in [1.807, 2.05) is 18.2 Å². The van der Waals surface area contributed by atoms with E-state index in [2.05, 4.69) is 15.9 Å². The molecule has 0 N–H and O–H groups in total. The summed E-state index contributed by atoms with van der Waals surface area (Å²) in [6, 6.07) is 7.35. The van der Waals surface area contributed by atoms with Crippen LogP contribution < -0.4 is 0 Å². The Kier molecular flexibility index (Phi) is 3.22. The van der Waals surface area contributed by atoms with Crippen LogP contribution in [0.4, 0.5) is 0 Å². The molecule has 0 atom stereocenters. The summed E-state index contributed by atoms with van der Waals surface area (Å²) in [6.45, 7) is -0.0955. The Bertz CT molecular complexity index is 288. The molecule has 0 bridgehead atoms. The molecule has 0 aromatic heterocycles. The molecule has 0 radical (unpaired) electrons. The number of nitrogens with zero attached hydrogens (tertiary/aromatic N) is 1. The van der Waals surface area contributed by atoms with Crippen molar-refractivity contribution in [2.45, 2.75) is 11.9 Å². The van der Waals surface area contributed by atoms with Crippen molar-refractivity contribution in [2.24, 2.45) is 0 Å². The molecule has 0 aliphatic rings. The van der Waals surface area contributed by atoms with Gasteiger partial charge in [-0.1, -0.05) is 40.2 Å². The third kappa shape index (κ3) is 2.30. The lowest BCUT2D eigenvalue weighted by molar-refractivity contribution is -0.496. The zero-order valence-corrected chi connectivity index (χ0v) is 7.95. The van der Waals surface area contributed by atoms with Gasteiger partial charge in [0.15, 0.2) is 0 Å². The number of hydrogen-bond donors (Lipinski definition) is 0. The maximum Gasteiger partial charge on any atom is 0.229 e. The summed E-state index contributed by atoms with van der Waals surface area (Å²) in [5, 5.41) is 10.9. The van der Waals surface area contributed by atoms with E-state index >= 15 is 0 Å². The van der Waals surface area contributed by atoms with Gasteiger partial charge in [-0.3, -0.25) is 10.1 Å². The highest BCUT2D eigenvalue weighted by molar-refractivity contribution is 9.08. The van der Waals surface area contributed by atoms with E-state index in [4.69, 9.17) is 0 Å². The third-order valence-corrected chi connectivity index (χ3v) is 2.17. The van der Waals surface area contributed by atoms with Crippen molar-refractivity contribution in [3.05, 3.63) is 45.5 Å². The topological polar surface area (TPSA) is 43.1 Å². The number of halogens is 1. The Morgan fingerprint density at radius 2 is 1.92 bits per heavy atom. The molecule has 0 heterocycles. The first-order valence-electron chi connectivity index (χ1n) is 3.48. The molecule has 0 unspecified atom stereocenters. The van der Waals surface area contributed by atoms with Crippen molar-refractivity contribution < 1.29 is 4.92 Å². The number of hydrogen-bond acceptors (Lipinski definition) is 2. The minimum Gasteiger partial charge on any atom is -0.264 e. The van der Waals surface area contributed by atoms with Crippen LogP contribution in [0.2, 0.25) is 0 Å². The molecule has 1 rings (SSSR count). The smallest absolute Gasteiger partial charge is 0.229 e. The largest absolute Gasteiger partial charge is 0.264 e. The molecular weight excluding hydrogens is 222 g/mol. The molecule has 1 aromatic rings. The normalized spacial score (nSPS) is 9.75. The van der Waals surface area contributed by atoms with Gasteiger partial charge in [0.05, 0.1) is 0 Å². The molecule has 0 saturated carbocycles. The van der Waals surface area contributed by atoms with E-state index in [1.165, 1.54) is 0 Å². The summed E-state index contributed by atoms with van der Waals surface area (Å²) in [5.41, 5.74) is 1.76. The summed E-state index contributed by atoms with van der Waals surface area (Å²) in [5.74, 6) is 0. The molecule has 0 spiro atoms. The van der Waals surface area contributed by atoms with Crippen molar-refractivity contribution in [3.63, 3.8) is 0 Å². The van der Waals surface area contributed by atoms with Gasteiger partial charge in [0.1, 0.15) is 0 Å². The zero-order chi connectivity index (χ0) is 8.97. The molecule has 0 fully saturated rings. The van der Waals surface area contributed by atoms with Crippen LogP contribution in [0.25, 0.3) is 0 Å². The number of alkyl halides is 1. The number of benzene rings is 1. The lowest BCUT2D eigenvalue weighted by Gasteiger charge is -2.00. The lowest BCUT2D eigenvalue weighted by atomic mass is 10.1. The van der Waals surface area contributed by atoms with Gasteiger partial charge in [-0.05, 0) is 5.56 Å². The van der Waals surface area contributed by atoms with Crippen molar-refractivity contribution in [1.82, 2.24) is 0 Å². The van der Waals surface area contributed by atoms with Gasteiger partial charge in [-0.15, -0.1) is 0 Å². The van der Waals surface area contributed by atoms with Gasteiger partial charge in [0, 0.05) is 15.8 Å². The van der Waals surface area contributed by atoms with Crippen molar-refractivity contribution in [3.8, 4) is 0 Å². The Hall–Kier alpha value is -0.900. The first-order valence-corrected chi connectivity index (χ1v) is 4.60. The molecule has 0 aliphatic heterocycles. The minimum atomic E-state index is -0.318. The third-order valence-electron chi connectivity index (χ3n) is 1.56. The lowest BCUT2D eigenvalue weighted by Crippen LogP contribution is -2.00. The average molecular weight is 230 g/mol. The van der Waals surface area contributed by atoms with Crippen LogP contribution in [0.1, 0.15) is 11.1 Å². The van der Waals surface area contributed by atoms with Crippen LogP contribution in [-0.4, -0.2) is 4.92 Å². The second-order valence-electron chi connectivity index (χ2n) is 2.39. The van der Waals surface area contributed by atoms with Crippen LogP contribution in [0.15, 0.2) is 24.3 Å². The van der Waals surface area contributed by atoms with Crippen molar-refractivity contribution >= 4 is 15.9 Å². The van der Waals surface area contributed by atoms with Crippen molar-refractivity contribution in [2.75, 3.05) is 0 Å². The quantitative estimate of drug-likeness (QED) is 0.454. The predicted octanol–water partition coefficient (Wildman–Crippen LogP) is 2.36. The number of rotatable bonds is 3. The molecule has 1 aromatic carbocycles. The SMILES string of the molecule is O=[N+]([O-])Cc1ccccc1CBr. The average Bonchev–Trinajstić information content (AvgIpc) is 2.04. The van der Waals surface area contributed by atoms with E-state index in [-0.39, 0.29) is 11.5 Å². The number of nitro groups is 1. The summed E-state index contributed by atoms with van der Waals surface area (Å²) in [6.07, 6.45) is 0. The van der Waals surface area contributed by atoms with E-state index in [9.17, 15) is 10.1 Å². The first kappa shape index (κ1) is 9.19. The Morgan fingerprint density at radius 1 is 1.33 bits per heavy atom. The maximum atomic E-state index is 10.2. The molecule has 12 heavy (non-hydrogen) atoms. The molecule has 0 saturated heterocycles. The van der Waals surface area contributed by atoms with Crippen LogP contribution >= 0.6 is 15.9 Å². The molecule has 3 nitrogen and oxygen atoms in total. The zero-order valence-electron chi connectivity index (χ0n) is 6.37. The first-order chi connectivity index (χ1) is 5.74. The van der Waals surface area contributed by atoms with Crippen LogP contribution in [-0.2, 0) is 11.9 Å². The minimum absolute atomic E-state index is 0.0955. The molecule has 64 valence electrons. The van der Waals surface area contributed by atoms with E-state index in [0.29, 0.717) is 5.33 Å². The van der Waals surface area contributed by atoms with E-state index in [0.717, 1.165) is 11.1 Å². The van der Waals surface area contributed by atoms with Crippen LogP contribution in [0, 0.1) is 10.1 Å². The second kappa shape index (κ2) is 4.21. The highest BCUT2D eigenvalue weighted by atomic mass is 79.9. The van der Waals surface area contributed by atoms with Gasteiger partial charge in [0.25, 0.3) is 0 Å². The van der Waals surface area contributed by atoms with Gasteiger partial charge >= 0.3 is 0 Å². The molecule has 0 amide bonds. The maximum absolute atomic E-state index is 10.2. The second-order valence-corrected chi connectivity index (χ2v) is 2.95. The van der Waals surface area contributed by atoms with Gasteiger partial charge in [-0.2, -0.15) is 0 Å². The standard InChI is InChI=1S/C8H8BrNO2/c9-5-7-3-1-2-4-8(7)6-10(11)12/h1-4H,5-6H2. The summed E-state index contributed by atoms with van der Waals surface area (Å²) in [4.78, 5) is 9.91. The molecule has 4 heteroatoms.